The molecule has 1 rings (SSSR count). The van der Waals surface area contributed by atoms with Crippen molar-refractivity contribution in [3.05, 3.63) is 28.8 Å². The highest BCUT2D eigenvalue weighted by molar-refractivity contribution is 5.45. The molecule has 2 N–H and O–H groups in total. The van der Waals surface area contributed by atoms with Gasteiger partial charge in [-0.3, -0.25) is 0 Å². The van der Waals surface area contributed by atoms with E-state index < -0.39 is 0 Å². The van der Waals surface area contributed by atoms with Crippen LogP contribution in [-0.4, -0.2) is 24.9 Å². The van der Waals surface area contributed by atoms with Crippen LogP contribution in [0.4, 0.5) is 0 Å². The number of rotatable bonds is 5. The zero-order valence-electron chi connectivity index (χ0n) is 11.4. The van der Waals surface area contributed by atoms with Gasteiger partial charge in [0.1, 0.15) is 5.75 Å². The number of benzene rings is 1. The Hall–Kier alpha value is -1.06. The Morgan fingerprint density at radius 2 is 1.94 bits per heavy atom. The van der Waals surface area contributed by atoms with Crippen molar-refractivity contribution in [2.45, 2.75) is 39.8 Å². The van der Waals surface area contributed by atoms with Crippen LogP contribution in [0.15, 0.2) is 12.1 Å². The third-order valence-corrected chi connectivity index (χ3v) is 2.74. The van der Waals surface area contributed by atoms with E-state index in [1.54, 1.807) is 7.11 Å². The van der Waals surface area contributed by atoms with Gasteiger partial charge in [-0.25, -0.2) is 0 Å². The Morgan fingerprint density at radius 3 is 2.41 bits per heavy atom. The first-order valence-corrected chi connectivity index (χ1v) is 6.01. The number of hydrogen-bond donors (Lipinski definition) is 2. The second-order valence-corrected chi connectivity index (χ2v) is 4.76. The monoisotopic (exact) mass is 237 g/mol. The predicted molar refractivity (Wildman–Crippen MR) is 70.6 cm³/mol. The van der Waals surface area contributed by atoms with Crippen LogP contribution in [-0.2, 0) is 0 Å². The molecule has 1 unspecified atom stereocenters. The van der Waals surface area contributed by atoms with E-state index in [4.69, 9.17) is 4.74 Å². The van der Waals surface area contributed by atoms with Crippen LogP contribution in [0.2, 0.25) is 0 Å². The van der Waals surface area contributed by atoms with Crippen LogP contribution in [0, 0.1) is 13.8 Å². The third-order valence-electron chi connectivity index (χ3n) is 2.74. The minimum Gasteiger partial charge on any atom is -0.496 e. The van der Waals surface area contributed by atoms with E-state index in [1.807, 2.05) is 6.92 Å². The lowest BCUT2D eigenvalue weighted by molar-refractivity contribution is 0.234. The Morgan fingerprint density at radius 1 is 1.29 bits per heavy atom. The lowest BCUT2D eigenvalue weighted by Crippen LogP contribution is -2.31. The van der Waals surface area contributed by atoms with E-state index in [0.717, 1.165) is 16.9 Å². The molecule has 0 bridgehead atoms. The van der Waals surface area contributed by atoms with Gasteiger partial charge in [-0.15, -0.1) is 0 Å². The smallest absolute Gasteiger partial charge is 0.126 e. The van der Waals surface area contributed by atoms with Crippen molar-refractivity contribution in [3.8, 4) is 5.75 Å². The summed E-state index contributed by atoms with van der Waals surface area (Å²) in [7, 11) is 1.67. The quantitative estimate of drug-likeness (QED) is 0.826. The van der Waals surface area contributed by atoms with Gasteiger partial charge in [0.2, 0.25) is 0 Å². The molecule has 0 saturated carbocycles. The Labute approximate surface area is 104 Å². The van der Waals surface area contributed by atoms with E-state index in [1.165, 1.54) is 5.56 Å². The second kappa shape index (κ2) is 6.03. The molecule has 96 valence electrons. The lowest BCUT2D eigenvalue weighted by Gasteiger charge is -2.23. The Bertz CT molecular complexity index is 375. The molecule has 3 heteroatoms. The van der Waals surface area contributed by atoms with Crippen molar-refractivity contribution in [3.63, 3.8) is 0 Å². The van der Waals surface area contributed by atoms with Gasteiger partial charge in [-0.2, -0.15) is 0 Å². The minimum absolute atomic E-state index is 0.0669. The van der Waals surface area contributed by atoms with E-state index in [2.05, 4.69) is 38.2 Å². The molecule has 0 aromatic heterocycles. The maximum Gasteiger partial charge on any atom is 0.126 e. The van der Waals surface area contributed by atoms with Crippen LogP contribution in [0.1, 0.15) is 36.6 Å². The van der Waals surface area contributed by atoms with Crippen molar-refractivity contribution in [1.29, 1.82) is 0 Å². The molecule has 0 saturated heterocycles. The molecule has 0 amide bonds. The van der Waals surface area contributed by atoms with Crippen molar-refractivity contribution < 1.29 is 9.84 Å². The van der Waals surface area contributed by atoms with Gasteiger partial charge < -0.3 is 15.2 Å². The maximum atomic E-state index is 9.51. The van der Waals surface area contributed by atoms with Gasteiger partial charge in [0.15, 0.2) is 0 Å². The molecule has 0 radical (unpaired) electrons. The number of hydrogen-bond acceptors (Lipinski definition) is 3. The fraction of sp³-hybridized carbons (Fsp3) is 0.571. The van der Waals surface area contributed by atoms with Crippen LogP contribution in [0.5, 0.6) is 5.75 Å². The van der Waals surface area contributed by atoms with Crippen LogP contribution >= 0.6 is 0 Å². The summed E-state index contributed by atoms with van der Waals surface area (Å²) < 4.78 is 5.44. The zero-order chi connectivity index (χ0) is 13.0. The number of aryl methyl sites for hydroxylation is 2. The summed E-state index contributed by atoms with van der Waals surface area (Å²) in [6, 6.07) is 4.40. The lowest BCUT2D eigenvalue weighted by atomic mass is 9.99. The van der Waals surface area contributed by atoms with Crippen LogP contribution < -0.4 is 10.1 Å². The first-order valence-electron chi connectivity index (χ1n) is 6.01. The molecule has 0 spiro atoms. The molecule has 1 aromatic carbocycles. The average molecular weight is 237 g/mol. The van der Waals surface area contributed by atoms with Gasteiger partial charge in [0.05, 0.1) is 19.8 Å². The summed E-state index contributed by atoms with van der Waals surface area (Å²) in [5.41, 5.74) is 3.31. The summed E-state index contributed by atoms with van der Waals surface area (Å²) >= 11 is 0. The normalized spacial score (nSPS) is 12.9. The first-order chi connectivity index (χ1) is 7.99. The van der Waals surface area contributed by atoms with Gasteiger partial charge in [-0.1, -0.05) is 31.5 Å². The number of nitrogens with one attached hydrogen (secondary N) is 1. The van der Waals surface area contributed by atoms with E-state index in [9.17, 15) is 5.11 Å². The Kier molecular flexibility index (Phi) is 4.97. The van der Waals surface area contributed by atoms with Gasteiger partial charge >= 0.3 is 0 Å². The molecule has 0 aliphatic rings. The van der Waals surface area contributed by atoms with E-state index in [0.29, 0.717) is 6.04 Å². The molecule has 1 atom stereocenters. The number of aliphatic hydroxyl groups is 1. The molecule has 0 aliphatic heterocycles. The fourth-order valence-electron chi connectivity index (χ4n) is 2.17. The molecule has 0 aliphatic carbocycles. The summed E-state index contributed by atoms with van der Waals surface area (Å²) in [5, 5.41) is 12.9. The number of methoxy groups -OCH3 is 1. The molecule has 0 fully saturated rings. The summed E-state index contributed by atoms with van der Waals surface area (Å²) in [5.74, 6) is 0.864. The fourth-order valence-corrected chi connectivity index (χ4v) is 2.17. The zero-order valence-corrected chi connectivity index (χ0v) is 11.4. The predicted octanol–water partition coefficient (Wildman–Crippen LogP) is 2.34. The highest BCUT2D eigenvalue weighted by Crippen LogP contribution is 2.30. The van der Waals surface area contributed by atoms with Gasteiger partial charge in [0, 0.05) is 11.6 Å². The molecule has 17 heavy (non-hydrogen) atoms. The highest BCUT2D eigenvalue weighted by atomic mass is 16.5. The Balaban J connectivity index is 3.16. The summed E-state index contributed by atoms with van der Waals surface area (Å²) in [6.45, 7) is 8.28. The topological polar surface area (TPSA) is 41.5 Å². The van der Waals surface area contributed by atoms with Crippen LogP contribution in [0.3, 0.4) is 0 Å². The number of aliphatic hydroxyl groups excluding tert-OH is 1. The van der Waals surface area contributed by atoms with Gasteiger partial charge in [0.25, 0.3) is 0 Å². The molecular formula is C14H23NO2. The minimum atomic E-state index is -0.0800. The SMILES string of the molecule is COc1c(C)cc(C)cc1C(CO)NC(C)C. The molecule has 1 aromatic rings. The first kappa shape index (κ1) is 14.0. The van der Waals surface area contributed by atoms with Gasteiger partial charge in [-0.05, 0) is 19.4 Å². The largest absolute Gasteiger partial charge is 0.496 e. The average Bonchev–Trinajstić information content (AvgIpc) is 2.24. The van der Waals surface area contributed by atoms with E-state index >= 15 is 0 Å². The second-order valence-electron chi connectivity index (χ2n) is 4.76. The maximum absolute atomic E-state index is 9.51. The third kappa shape index (κ3) is 3.45. The number of ether oxygens (including phenoxy) is 1. The van der Waals surface area contributed by atoms with Crippen molar-refractivity contribution in [2.75, 3.05) is 13.7 Å². The van der Waals surface area contributed by atoms with Crippen molar-refractivity contribution in [2.24, 2.45) is 0 Å². The highest BCUT2D eigenvalue weighted by Gasteiger charge is 2.18. The van der Waals surface area contributed by atoms with E-state index in [-0.39, 0.29) is 12.6 Å². The van der Waals surface area contributed by atoms with Crippen molar-refractivity contribution >= 4 is 0 Å². The molecule has 3 nitrogen and oxygen atoms in total. The standard InChI is InChI=1S/C14H23NO2/c1-9(2)15-13(8-16)12-7-10(3)6-11(4)14(12)17-5/h6-7,9,13,15-16H,8H2,1-5H3. The summed E-state index contributed by atoms with van der Waals surface area (Å²) in [4.78, 5) is 0. The summed E-state index contributed by atoms with van der Waals surface area (Å²) in [6.07, 6.45) is 0. The molecular weight excluding hydrogens is 214 g/mol. The van der Waals surface area contributed by atoms with Crippen LogP contribution in [0.25, 0.3) is 0 Å². The molecule has 0 heterocycles. The van der Waals surface area contributed by atoms with Crippen molar-refractivity contribution in [1.82, 2.24) is 5.32 Å².